The molecule has 0 radical (unpaired) electrons. The Hall–Kier alpha value is -3.15. The van der Waals surface area contributed by atoms with Gasteiger partial charge in [-0.05, 0) is 68.6 Å². The van der Waals surface area contributed by atoms with Crippen molar-refractivity contribution in [2.75, 3.05) is 19.5 Å². The molecule has 1 saturated carbocycles. The zero-order valence-electron chi connectivity index (χ0n) is 19.8. The van der Waals surface area contributed by atoms with E-state index in [-0.39, 0.29) is 28.6 Å². The van der Waals surface area contributed by atoms with Gasteiger partial charge in [0.1, 0.15) is 5.75 Å². The van der Waals surface area contributed by atoms with E-state index in [4.69, 9.17) is 21.4 Å². The van der Waals surface area contributed by atoms with Crippen LogP contribution < -0.4 is 20.1 Å². The number of hydrogen-bond acceptors (Lipinski definition) is 6. The molecule has 0 heterocycles. The van der Waals surface area contributed by atoms with Crippen LogP contribution in [0.5, 0.6) is 5.75 Å². The predicted molar refractivity (Wildman–Crippen MR) is 134 cm³/mol. The van der Waals surface area contributed by atoms with E-state index in [1.165, 1.54) is 32.4 Å². The first kappa shape index (κ1) is 27.4. The molecule has 0 spiro atoms. The van der Waals surface area contributed by atoms with Crippen LogP contribution in [0.3, 0.4) is 0 Å². The summed E-state index contributed by atoms with van der Waals surface area (Å²) in [6.07, 6.45) is 1.61. The summed E-state index contributed by atoms with van der Waals surface area (Å²) in [6, 6.07) is 8.88. The molecule has 1 aliphatic carbocycles. The number of carbonyl (C=O) groups is 3. The molecule has 2 aromatic rings. The Bertz CT molecular complexity index is 1260. The lowest BCUT2D eigenvalue weighted by atomic mass is 9.81. The van der Waals surface area contributed by atoms with Crippen molar-refractivity contribution in [2.45, 2.75) is 37.1 Å². The first-order valence-corrected chi connectivity index (χ1v) is 13.1. The van der Waals surface area contributed by atoms with Gasteiger partial charge in [-0.15, -0.1) is 0 Å². The Morgan fingerprint density at radius 3 is 2.31 bits per heavy atom. The van der Waals surface area contributed by atoms with Gasteiger partial charge in [0.15, 0.2) is 0 Å². The summed E-state index contributed by atoms with van der Waals surface area (Å²) < 4.78 is 32.0. The number of aliphatic carboxylic acids is 1. The largest absolute Gasteiger partial charge is 0.495 e. The van der Waals surface area contributed by atoms with E-state index in [9.17, 15) is 22.8 Å². The number of benzene rings is 2. The number of ether oxygens (including phenoxy) is 1. The molecule has 3 rings (SSSR count). The van der Waals surface area contributed by atoms with Crippen LogP contribution in [0.25, 0.3) is 0 Å². The molecule has 36 heavy (non-hydrogen) atoms. The highest BCUT2D eigenvalue weighted by molar-refractivity contribution is 7.89. The Kier molecular flexibility index (Phi) is 8.93. The molecular weight excluding hydrogens is 510 g/mol. The van der Waals surface area contributed by atoms with Gasteiger partial charge in [-0.25, -0.2) is 13.1 Å². The summed E-state index contributed by atoms with van der Waals surface area (Å²) in [5.41, 5.74) is 0.813. The third-order valence-corrected chi connectivity index (χ3v) is 7.90. The zero-order valence-corrected chi connectivity index (χ0v) is 21.4. The van der Waals surface area contributed by atoms with E-state index >= 15 is 0 Å². The van der Waals surface area contributed by atoms with E-state index in [1.807, 2.05) is 0 Å². The number of amides is 2. The number of nitrogens with one attached hydrogen (secondary N) is 3. The Morgan fingerprint density at radius 1 is 1.06 bits per heavy atom. The number of sulfonamides is 1. The van der Waals surface area contributed by atoms with Crippen LogP contribution in [0.2, 0.25) is 5.02 Å². The van der Waals surface area contributed by atoms with Gasteiger partial charge in [-0.1, -0.05) is 17.7 Å². The van der Waals surface area contributed by atoms with E-state index in [0.717, 1.165) is 0 Å². The highest BCUT2D eigenvalue weighted by Crippen LogP contribution is 2.31. The minimum atomic E-state index is -3.84. The summed E-state index contributed by atoms with van der Waals surface area (Å²) in [6.45, 7) is 0.0954. The van der Waals surface area contributed by atoms with Crippen LogP contribution >= 0.6 is 11.6 Å². The molecule has 4 N–H and O–H groups in total. The average molecular weight is 538 g/mol. The summed E-state index contributed by atoms with van der Waals surface area (Å²) >= 11 is 6.14. The first-order valence-electron chi connectivity index (χ1n) is 11.3. The number of carbonyl (C=O) groups excluding carboxylic acids is 2. The number of anilines is 1. The van der Waals surface area contributed by atoms with E-state index < -0.39 is 33.7 Å². The van der Waals surface area contributed by atoms with Crippen molar-refractivity contribution in [1.82, 2.24) is 10.0 Å². The molecule has 0 aliphatic heterocycles. The molecule has 1 fully saturated rings. The van der Waals surface area contributed by atoms with Crippen molar-refractivity contribution in [3.05, 3.63) is 52.5 Å². The van der Waals surface area contributed by atoms with Crippen LogP contribution in [0, 0.1) is 11.8 Å². The second-order valence-electron chi connectivity index (χ2n) is 8.44. The average Bonchev–Trinajstić information content (AvgIpc) is 2.87. The molecule has 0 unspecified atom stereocenters. The molecule has 0 atom stereocenters. The molecule has 12 heteroatoms. The fraction of sp³-hybridized carbons (Fsp3) is 0.375. The van der Waals surface area contributed by atoms with Gasteiger partial charge in [0, 0.05) is 12.5 Å². The highest BCUT2D eigenvalue weighted by atomic mass is 35.5. The minimum Gasteiger partial charge on any atom is -0.495 e. The lowest BCUT2D eigenvalue weighted by Gasteiger charge is -2.25. The number of carboxylic acids is 1. The number of rotatable bonds is 9. The van der Waals surface area contributed by atoms with Crippen molar-refractivity contribution in [1.29, 1.82) is 0 Å². The fourth-order valence-corrected chi connectivity index (χ4v) is 5.08. The molecule has 194 valence electrons. The molecule has 0 saturated heterocycles. The van der Waals surface area contributed by atoms with E-state index in [2.05, 4.69) is 15.4 Å². The van der Waals surface area contributed by atoms with Gasteiger partial charge >= 0.3 is 5.97 Å². The second-order valence-corrected chi connectivity index (χ2v) is 10.7. The molecule has 2 amide bonds. The molecule has 0 aromatic heterocycles. The van der Waals surface area contributed by atoms with E-state index in [0.29, 0.717) is 42.0 Å². The van der Waals surface area contributed by atoms with Crippen LogP contribution in [0.1, 0.15) is 41.6 Å². The Labute approximate surface area is 214 Å². The molecule has 10 nitrogen and oxygen atoms in total. The molecule has 2 aromatic carbocycles. The molecule has 1 aliphatic rings. The number of carboxylic acid groups (broad SMARTS) is 1. The monoisotopic (exact) mass is 537 g/mol. The van der Waals surface area contributed by atoms with Crippen LogP contribution in [0.4, 0.5) is 5.69 Å². The van der Waals surface area contributed by atoms with Crippen molar-refractivity contribution in [2.24, 2.45) is 11.8 Å². The third kappa shape index (κ3) is 6.54. The summed E-state index contributed by atoms with van der Waals surface area (Å²) in [5, 5.41) is 15.0. The third-order valence-electron chi connectivity index (χ3n) is 6.19. The van der Waals surface area contributed by atoms with Crippen molar-refractivity contribution >= 4 is 45.1 Å². The summed E-state index contributed by atoms with van der Waals surface area (Å²) in [4.78, 5) is 37.0. The van der Waals surface area contributed by atoms with Crippen LogP contribution in [0.15, 0.2) is 41.3 Å². The minimum absolute atomic E-state index is 0.0292. The van der Waals surface area contributed by atoms with Crippen molar-refractivity contribution in [3.63, 3.8) is 0 Å². The maximum atomic E-state index is 13.1. The number of hydrogen-bond donors (Lipinski definition) is 4. The smallest absolute Gasteiger partial charge is 0.306 e. The standard InChI is InChI=1S/C24H28ClN3O7S/c1-26-36(33,34)17-8-9-20(28-22(29)15-4-6-16(7-5-15)24(31)32)18(12-17)23(30)27-13-14-3-10-21(35-2)19(25)11-14/h3,8-12,15-16,26H,4-7,13H2,1-2H3,(H,27,30)(H,28,29)(H,31,32)/t15-,16-. The van der Waals surface area contributed by atoms with Crippen LogP contribution in [-0.2, 0) is 26.2 Å². The topological polar surface area (TPSA) is 151 Å². The normalized spacial score (nSPS) is 17.8. The highest BCUT2D eigenvalue weighted by Gasteiger charge is 2.30. The van der Waals surface area contributed by atoms with Gasteiger partial charge in [0.05, 0.1) is 34.2 Å². The maximum absolute atomic E-state index is 13.1. The number of halogens is 1. The maximum Gasteiger partial charge on any atom is 0.306 e. The lowest BCUT2D eigenvalue weighted by Crippen LogP contribution is -2.31. The fourth-order valence-electron chi connectivity index (χ4n) is 4.04. The molecule has 0 bridgehead atoms. The van der Waals surface area contributed by atoms with Gasteiger partial charge in [-0.3, -0.25) is 14.4 Å². The Balaban J connectivity index is 1.81. The van der Waals surface area contributed by atoms with Gasteiger partial charge in [0.25, 0.3) is 5.91 Å². The first-order chi connectivity index (χ1) is 17.1. The van der Waals surface area contributed by atoms with Crippen molar-refractivity contribution in [3.8, 4) is 5.75 Å². The van der Waals surface area contributed by atoms with Gasteiger partial charge in [-0.2, -0.15) is 0 Å². The molecular formula is C24H28ClN3O7S. The lowest BCUT2D eigenvalue weighted by molar-refractivity contribution is -0.143. The summed E-state index contributed by atoms with van der Waals surface area (Å²) in [7, 11) is -1.10. The quantitative estimate of drug-likeness (QED) is 0.384. The number of methoxy groups -OCH3 is 1. The second kappa shape index (κ2) is 11.7. The van der Waals surface area contributed by atoms with E-state index in [1.54, 1.807) is 18.2 Å². The summed E-state index contributed by atoms with van der Waals surface area (Å²) in [5.74, 6) is -2.20. The van der Waals surface area contributed by atoms with Gasteiger partial charge < -0.3 is 20.5 Å². The predicted octanol–water partition coefficient (Wildman–Crippen LogP) is 3.02. The SMILES string of the molecule is CNS(=O)(=O)c1ccc(NC(=O)[C@H]2CC[C@H](C(=O)O)CC2)c(C(=O)NCc2ccc(OC)c(Cl)c2)c1. The van der Waals surface area contributed by atoms with Gasteiger partial charge in [0.2, 0.25) is 15.9 Å². The Morgan fingerprint density at radius 2 is 1.72 bits per heavy atom. The van der Waals surface area contributed by atoms with Crippen molar-refractivity contribution < 1.29 is 32.6 Å². The van der Waals surface area contributed by atoms with Crippen LogP contribution in [-0.4, -0.2) is 45.5 Å². The zero-order chi connectivity index (χ0) is 26.5.